The van der Waals surface area contributed by atoms with Gasteiger partial charge in [0.1, 0.15) is 11.5 Å². The number of halogens is 12. The minimum absolute atomic E-state index is 0.0938. The Hall–Kier alpha value is -4.41. The topological polar surface area (TPSA) is 147 Å². The third kappa shape index (κ3) is 7.19. The standard InChI is InChI=1S/C26H14F12O9S/c27-23(28,29)21(41,24(30,31)32)14-1-5-16(6-2-14)46-19(39)12-9-13(11-18(10-12)48(43,44)45)20(40)47-17-7-3-15(4-8-17)22(42,25(33,34)35)26(36,37)38/h1-11,41-42H,(H,43,44,45). The van der Waals surface area contributed by atoms with Crippen LogP contribution in [0.25, 0.3) is 0 Å². The highest BCUT2D eigenvalue weighted by atomic mass is 32.2. The zero-order chi connectivity index (χ0) is 36.9. The van der Waals surface area contributed by atoms with Gasteiger partial charge in [0.05, 0.1) is 16.0 Å². The summed E-state index contributed by atoms with van der Waals surface area (Å²) >= 11 is 0. The first-order chi connectivity index (χ1) is 21.5. The maximum absolute atomic E-state index is 13.1. The summed E-state index contributed by atoms with van der Waals surface area (Å²) in [6.45, 7) is 0. The normalized spacial score (nSPS) is 13.6. The lowest BCUT2D eigenvalue weighted by molar-refractivity contribution is -0.376. The van der Waals surface area contributed by atoms with Crippen molar-refractivity contribution in [2.45, 2.75) is 40.8 Å². The Morgan fingerprint density at radius 1 is 0.521 bits per heavy atom. The number of esters is 2. The number of rotatable bonds is 7. The lowest BCUT2D eigenvalue weighted by Gasteiger charge is -2.32. The van der Waals surface area contributed by atoms with Crippen molar-refractivity contribution >= 4 is 22.1 Å². The van der Waals surface area contributed by atoms with E-state index in [0.717, 1.165) is 0 Å². The molecule has 0 atom stereocenters. The van der Waals surface area contributed by atoms with E-state index < -0.39 is 96.6 Å². The molecule has 3 aromatic carbocycles. The van der Waals surface area contributed by atoms with E-state index in [1.165, 1.54) is 0 Å². The summed E-state index contributed by atoms with van der Waals surface area (Å²) in [7, 11) is -5.26. The van der Waals surface area contributed by atoms with Crippen LogP contribution in [0.4, 0.5) is 52.7 Å². The largest absolute Gasteiger partial charge is 0.430 e. The van der Waals surface area contributed by atoms with Crippen molar-refractivity contribution in [2.24, 2.45) is 0 Å². The molecule has 3 rings (SSSR count). The van der Waals surface area contributed by atoms with Gasteiger partial charge in [0.15, 0.2) is 0 Å². The van der Waals surface area contributed by atoms with Gasteiger partial charge < -0.3 is 19.7 Å². The van der Waals surface area contributed by atoms with Crippen LogP contribution in [0.1, 0.15) is 31.8 Å². The Labute approximate surface area is 258 Å². The number of carbonyl (C=O) groups is 2. The summed E-state index contributed by atoms with van der Waals surface area (Å²) in [5.41, 5.74) is -16.0. The maximum atomic E-state index is 13.1. The molecule has 9 nitrogen and oxygen atoms in total. The molecule has 3 N–H and O–H groups in total. The summed E-state index contributed by atoms with van der Waals surface area (Å²) in [4.78, 5) is 24.1. The van der Waals surface area contributed by atoms with Crippen molar-refractivity contribution in [3.8, 4) is 11.5 Å². The van der Waals surface area contributed by atoms with Crippen LogP contribution in [0.5, 0.6) is 11.5 Å². The van der Waals surface area contributed by atoms with Gasteiger partial charge in [-0.2, -0.15) is 61.1 Å². The van der Waals surface area contributed by atoms with Crippen LogP contribution in [0.2, 0.25) is 0 Å². The van der Waals surface area contributed by atoms with Gasteiger partial charge in [-0.15, -0.1) is 0 Å². The maximum Gasteiger partial charge on any atom is 0.430 e. The van der Waals surface area contributed by atoms with Gasteiger partial charge in [0, 0.05) is 11.1 Å². The van der Waals surface area contributed by atoms with Crippen molar-refractivity contribution in [1.29, 1.82) is 0 Å². The molecular formula is C26H14F12O9S. The van der Waals surface area contributed by atoms with Gasteiger partial charge in [0.25, 0.3) is 21.3 Å². The Morgan fingerprint density at radius 3 is 1.02 bits per heavy atom. The van der Waals surface area contributed by atoms with E-state index >= 15 is 0 Å². The van der Waals surface area contributed by atoms with Crippen LogP contribution in [0.3, 0.4) is 0 Å². The number of alkyl halides is 12. The van der Waals surface area contributed by atoms with Crippen LogP contribution in [-0.2, 0) is 21.3 Å². The molecule has 0 unspecified atom stereocenters. The van der Waals surface area contributed by atoms with Crippen molar-refractivity contribution in [2.75, 3.05) is 0 Å². The third-order valence-electron chi connectivity index (χ3n) is 6.28. The van der Waals surface area contributed by atoms with E-state index in [2.05, 4.69) is 0 Å². The molecule has 0 amide bonds. The highest BCUT2D eigenvalue weighted by Gasteiger charge is 2.72. The van der Waals surface area contributed by atoms with E-state index in [0.29, 0.717) is 42.5 Å². The van der Waals surface area contributed by atoms with Gasteiger partial charge >= 0.3 is 36.6 Å². The third-order valence-corrected chi connectivity index (χ3v) is 7.11. The van der Waals surface area contributed by atoms with Gasteiger partial charge in [-0.25, -0.2) is 9.59 Å². The summed E-state index contributed by atoms with van der Waals surface area (Å²) in [6, 6.07) is 3.16. The second-order valence-electron chi connectivity index (χ2n) is 9.46. The predicted octanol–water partition coefficient (Wildman–Crippen LogP) is 6.00. The minimum atomic E-state index is -6.25. The summed E-state index contributed by atoms with van der Waals surface area (Å²) < 4.78 is 199. The molecule has 0 aromatic heterocycles. The highest BCUT2D eigenvalue weighted by Crippen LogP contribution is 2.51. The smallest absolute Gasteiger partial charge is 0.423 e. The van der Waals surface area contributed by atoms with Crippen molar-refractivity contribution in [3.05, 3.63) is 89.0 Å². The number of aliphatic hydroxyl groups is 2. The quantitative estimate of drug-likeness (QED) is 0.115. The average molecular weight is 730 g/mol. The molecule has 0 aliphatic rings. The highest BCUT2D eigenvalue weighted by molar-refractivity contribution is 7.85. The van der Waals surface area contributed by atoms with E-state index in [4.69, 9.17) is 9.47 Å². The van der Waals surface area contributed by atoms with Crippen LogP contribution >= 0.6 is 0 Å². The second kappa shape index (κ2) is 12.2. The number of hydrogen-bond donors (Lipinski definition) is 3. The summed E-state index contributed by atoms with van der Waals surface area (Å²) in [5, 5.41) is 18.9. The molecule has 0 fully saturated rings. The Kier molecular flexibility index (Phi) is 9.70. The second-order valence-corrected chi connectivity index (χ2v) is 10.9. The van der Waals surface area contributed by atoms with E-state index in [9.17, 15) is 85.5 Å². The molecule has 0 aliphatic heterocycles. The fraction of sp³-hybridized carbons (Fsp3) is 0.231. The molecule has 48 heavy (non-hydrogen) atoms. The fourth-order valence-electron chi connectivity index (χ4n) is 3.82. The SMILES string of the molecule is O=C(Oc1ccc(C(O)(C(F)(F)F)C(F)(F)F)cc1)c1cc(C(=O)Oc2ccc(C(O)(C(F)(F)F)C(F)(F)F)cc2)cc(S(=O)(=O)O)c1. The number of carbonyl (C=O) groups excluding carboxylic acids is 2. The molecule has 0 heterocycles. The molecular weight excluding hydrogens is 716 g/mol. The van der Waals surface area contributed by atoms with E-state index in [1.54, 1.807) is 0 Å². The summed E-state index contributed by atoms with van der Waals surface area (Å²) in [5.74, 6) is -4.86. The van der Waals surface area contributed by atoms with Crippen LogP contribution < -0.4 is 9.47 Å². The molecule has 0 aliphatic carbocycles. The van der Waals surface area contributed by atoms with Crippen molar-refractivity contribution in [1.82, 2.24) is 0 Å². The number of benzene rings is 3. The van der Waals surface area contributed by atoms with Crippen LogP contribution in [-0.4, -0.2) is 59.8 Å². The molecule has 0 saturated carbocycles. The first kappa shape index (κ1) is 38.0. The first-order valence-corrected chi connectivity index (χ1v) is 13.5. The lowest BCUT2D eigenvalue weighted by Crippen LogP contribution is -2.53. The molecule has 22 heteroatoms. The average Bonchev–Trinajstić information content (AvgIpc) is 2.94. The van der Waals surface area contributed by atoms with E-state index in [1.807, 2.05) is 0 Å². The summed E-state index contributed by atoms with van der Waals surface area (Å²) in [6.07, 6.45) is -25.0. The molecule has 0 radical (unpaired) electrons. The molecule has 262 valence electrons. The van der Waals surface area contributed by atoms with Gasteiger partial charge in [0.2, 0.25) is 0 Å². The number of hydrogen-bond acceptors (Lipinski definition) is 8. The molecule has 0 saturated heterocycles. The lowest BCUT2D eigenvalue weighted by atomic mass is 9.92. The molecule has 0 bridgehead atoms. The zero-order valence-electron chi connectivity index (χ0n) is 22.6. The van der Waals surface area contributed by atoms with Gasteiger partial charge in [-0.3, -0.25) is 4.55 Å². The van der Waals surface area contributed by atoms with E-state index in [-0.39, 0.29) is 24.3 Å². The Balaban J connectivity index is 1.92. The fourth-order valence-corrected chi connectivity index (χ4v) is 4.37. The zero-order valence-corrected chi connectivity index (χ0v) is 23.4. The monoisotopic (exact) mass is 730 g/mol. The molecule has 3 aromatic rings. The Bertz CT molecular complexity index is 1650. The van der Waals surface area contributed by atoms with Crippen molar-refractivity contribution in [3.63, 3.8) is 0 Å². The number of ether oxygens (including phenoxy) is 2. The molecule has 0 spiro atoms. The minimum Gasteiger partial charge on any atom is -0.423 e. The van der Waals surface area contributed by atoms with Crippen LogP contribution in [0.15, 0.2) is 71.6 Å². The van der Waals surface area contributed by atoms with Gasteiger partial charge in [-0.1, -0.05) is 24.3 Å². The Morgan fingerprint density at radius 2 is 0.792 bits per heavy atom. The predicted molar refractivity (Wildman–Crippen MR) is 131 cm³/mol. The first-order valence-electron chi connectivity index (χ1n) is 12.0. The van der Waals surface area contributed by atoms with Crippen molar-refractivity contribution < 1.29 is 94.9 Å². The van der Waals surface area contributed by atoms with Crippen LogP contribution in [0, 0.1) is 0 Å². The van der Waals surface area contributed by atoms with Gasteiger partial charge in [-0.05, 0) is 42.5 Å².